The van der Waals surface area contributed by atoms with E-state index in [9.17, 15) is 14.4 Å². The molecule has 0 bridgehead atoms. The Balaban J connectivity index is 1.77. The van der Waals surface area contributed by atoms with Crippen LogP contribution in [-0.2, 0) is 9.53 Å². The molecule has 0 unspecified atom stereocenters. The van der Waals surface area contributed by atoms with Gasteiger partial charge in [-0.05, 0) is 37.5 Å². The van der Waals surface area contributed by atoms with E-state index >= 15 is 0 Å². The van der Waals surface area contributed by atoms with Gasteiger partial charge in [0, 0.05) is 19.3 Å². The molecule has 1 aromatic carbocycles. The Labute approximate surface area is 169 Å². The lowest BCUT2D eigenvalue weighted by atomic mass is 9.94. The van der Waals surface area contributed by atoms with Crippen LogP contribution >= 0.6 is 0 Å². The Morgan fingerprint density at radius 3 is 2.83 bits per heavy atom. The minimum absolute atomic E-state index is 0.0629. The molecule has 158 valence electrons. The molecule has 2 aliphatic heterocycles. The quantitative estimate of drug-likeness (QED) is 0.690. The molecule has 3 rings (SSSR count). The maximum absolute atomic E-state index is 13.1. The van der Waals surface area contributed by atoms with Gasteiger partial charge >= 0.3 is 12.0 Å². The van der Waals surface area contributed by atoms with Gasteiger partial charge in [-0.1, -0.05) is 6.92 Å². The number of benzene rings is 1. The molecule has 0 saturated carbocycles. The number of carbonyl (C=O) groups is 3. The molecule has 0 spiro atoms. The number of amides is 3. The van der Waals surface area contributed by atoms with Crippen molar-refractivity contribution < 1.29 is 29.0 Å². The number of fused-ring (bicyclic) bond motifs is 2. The van der Waals surface area contributed by atoms with E-state index in [0.29, 0.717) is 36.4 Å². The number of rotatable bonds is 5. The van der Waals surface area contributed by atoms with Gasteiger partial charge < -0.3 is 30.1 Å². The maximum Gasteiger partial charge on any atom is 0.319 e. The van der Waals surface area contributed by atoms with Gasteiger partial charge in [-0.15, -0.1) is 0 Å². The van der Waals surface area contributed by atoms with Crippen molar-refractivity contribution in [2.24, 2.45) is 0 Å². The van der Waals surface area contributed by atoms with Crippen molar-refractivity contribution in [2.75, 3.05) is 25.5 Å². The number of likely N-dealkylation sites (N-methyl/N-ethyl adjacent to an activating group) is 1. The van der Waals surface area contributed by atoms with Crippen LogP contribution in [0.3, 0.4) is 0 Å². The second kappa shape index (κ2) is 9.13. The van der Waals surface area contributed by atoms with Gasteiger partial charge in [-0.25, -0.2) is 4.79 Å². The van der Waals surface area contributed by atoms with Gasteiger partial charge in [0.1, 0.15) is 18.5 Å². The lowest BCUT2D eigenvalue weighted by Gasteiger charge is -2.42. The number of hydrogen-bond acceptors (Lipinski definition) is 5. The van der Waals surface area contributed by atoms with Crippen molar-refractivity contribution >= 4 is 23.6 Å². The first-order valence-electron chi connectivity index (χ1n) is 9.85. The standard InChI is InChI=1S/C20H27N3O6/c1-3-8-21-20(27)22-12-4-7-16-14(9-12)19(26)23(2)15-6-5-13(10-18(24)25)29-17(15)11-28-16/h4,7,9,13,15,17H,3,5-6,8,10-11H2,1-2H3,(H,24,25)(H2,21,22,27)/t13-,15+,17+/m0/s1. The van der Waals surface area contributed by atoms with Crippen LogP contribution in [0, 0.1) is 0 Å². The highest BCUT2D eigenvalue weighted by Crippen LogP contribution is 2.32. The molecule has 0 aliphatic carbocycles. The molecule has 3 atom stereocenters. The van der Waals surface area contributed by atoms with Gasteiger partial charge in [0.25, 0.3) is 5.91 Å². The molecular weight excluding hydrogens is 378 g/mol. The number of aliphatic carboxylic acids is 1. The molecule has 2 heterocycles. The number of hydrogen-bond donors (Lipinski definition) is 3. The first-order chi connectivity index (χ1) is 13.9. The van der Waals surface area contributed by atoms with Crippen LogP contribution in [-0.4, -0.2) is 66.4 Å². The molecule has 1 aromatic rings. The molecule has 2 aliphatic rings. The summed E-state index contributed by atoms with van der Waals surface area (Å²) < 4.78 is 11.8. The molecule has 0 aromatic heterocycles. The summed E-state index contributed by atoms with van der Waals surface area (Å²) in [6, 6.07) is 4.39. The summed E-state index contributed by atoms with van der Waals surface area (Å²) in [6.07, 6.45) is 1.19. The van der Waals surface area contributed by atoms with Gasteiger partial charge in [-0.2, -0.15) is 0 Å². The molecule has 1 fully saturated rings. The Bertz CT molecular complexity index is 783. The summed E-state index contributed by atoms with van der Waals surface area (Å²) in [5.74, 6) is -0.727. The van der Waals surface area contributed by atoms with E-state index < -0.39 is 12.1 Å². The van der Waals surface area contributed by atoms with Crippen molar-refractivity contribution in [3.8, 4) is 5.75 Å². The van der Waals surface area contributed by atoms with Crippen molar-refractivity contribution in [3.05, 3.63) is 23.8 Å². The van der Waals surface area contributed by atoms with E-state index in [-0.39, 0.29) is 37.1 Å². The Morgan fingerprint density at radius 2 is 2.10 bits per heavy atom. The minimum Gasteiger partial charge on any atom is -0.490 e. The van der Waals surface area contributed by atoms with Gasteiger partial charge in [0.2, 0.25) is 0 Å². The van der Waals surface area contributed by atoms with E-state index in [1.165, 1.54) is 0 Å². The van der Waals surface area contributed by atoms with Gasteiger partial charge in [0.05, 0.1) is 24.1 Å². The van der Waals surface area contributed by atoms with Crippen molar-refractivity contribution in [2.45, 2.75) is 50.9 Å². The largest absolute Gasteiger partial charge is 0.490 e. The summed E-state index contributed by atoms with van der Waals surface area (Å²) in [5.41, 5.74) is 0.869. The smallest absolute Gasteiger partial charge is 0.319 e. The zero-order chi connectivity index (χ0) is 21.0. The number of nitrogens with one attached hydrogen (secondary N) is 2. The average Bonchev–Trinajstić information content (AvgIpc) is 2.69. The van der Waals surface area contributed by atoms with Crippen LogP contribution < -0.4 is 15.4 Å². The van der Waals surface area contributed by atoms with E-state index in [0.717, 1.165) is 6.42 Å². The molecular formula is C20H27N3O6. The average molecular weight is 405 g/mol. The number of carboxylic acids is 1. The van der Waals surface area contributed by atoms with E-state index in [1.807, 2.05) is 6.92 Å². The first kappa shape index (κ1) is 20.9. The molecule has 3 amide bonds. The summed E-state index contributed by atoms with van der Waals surface area (Å²) in [7, 11) is 1.71. The normalized spacial score (nSPS) is 23.7. The van der Waals surface area contributed by atoms with E-state index in [2.05, 4.69) is 10.6 Å². The number of carboxylic acid groups (broad SMARTS) is 1. The summed E-state index contributed by atoms with van der Waals surface area (Å²) in [5, 5.41) is 14.5. The Hall–Kier alpha value is -2.81. The predicted molar refractivity (Wildman–Crippen MR) is 105 cm³/mol. The molecule has 1 saturated heterocycles. The second-order valence-electron chi connectivity index (χ2n) is 7.36. The first-order valence-corrected chi connectivity index (χ1v) is 9.85. The van der Waals surface area contributed by atoms with Crippen molar-refractivity contribution in [1.29, 1.82) is 0 Å². The highest BCUT2D eigenvalue weighted by molar-refractivity contribution is 5.99. The summed E-state index contributed by atoms with van der Waals surface area (Å²) in [4.78, 5) is 37.6. The van der Waals surface area contributed by atoms with Crippen LogP contribution in [0.1, 0.15) is 43.0 Å². The third-order valence-corrected chi connectivity index (χ3v) is 5.21. The molecule has 0 radical (unpaired) electrons. The monoisotopic (exact) mass is 405 g/mol. The van der Waals surface area contributed by atoms with Gasteiger partial charge in [0.15, 0.2) is 0 Å². The van der Waals surface area contributed by atoms with Crippen LogP contribution in [0.2, 0.25) is 0 Å². The van der Waals surface area contributed by atoms with Gasteiger partial charge in [-0.3, -0.25) is 9.59 Å². The van der Waals surface area contributed by atoms with E-state index in [4.69, 9.17) is 14.6 Å². The van der Waals surface area contributed by atoms with Crippen LogP contribution in [0.5, 0.6) is 5.75 Å². The predicted octanol–water partition coefficient (Wildman–Crippen LogP) is 2.07. The fraction of sp³-hybridized carbons (Fsp3) is 0.550. The van der Waals surface area contributed by atoms with E-state index in [1.54, 1.807) is 30.1 Å². The highest BCUT2D eigenvalue weighted by Gasteiger charge is 2.39. The van der Waals surface area contributed by atoms with Crippen molar-refractivity contribution in [3.63, 3.8) is 0 Å². The van der Waals surface area contributed by atoms with Crippen LogP contribution in [0.4, 0.5) is 10.5 Å². The van der Waals surface area contributed by atoms with Crippen LogP contribution in [0.25, 0.3) is 0 Å². The Kier molecular flexibility index (Phi) is 6.58. The lowest BCUT2D eigenvalue weighted by Crippen LogP contribution is -2.53. The number of carbonyl (C=O) groups excluding carboxylic acids is 2. The minimum atomic E-state index is -0.905. The third kappa shape index (κ3) is 4.97. The highest BCUT2D eigenvalue weighted by atomic mass is 16.5. The summed E-state index contributed by atoms with van der Waals surface area (Å²) >= 11 is 0. The molecule has 3 N–H and O–H groups in total. The SMILES string of the molecule is CCCNC(=O)Nc1ccc2c(c1)C(=O)N(C)[C@@H]1CC[C@@H](CC(=O)O)O[C@@H]1CO2. The third-order valence-electron chi connectivity index (χ3n) is 5.21. The topological polar surface area (TPSA) is 117 Å². The number of ether oxygens (including phenoxy) is 2. The van der Waals surface area contributed by atoms with Crippen LogP contribution in [0.15, 0.2) is 18.2 Å². The second-order valence-corrected chi connectivity index (χ2v) is 7.36. The lowest BCUT2D eigenvalue weighted by molar-refractivity contribution is -0.148. The zero-order valence-electron chi connectivity index (χ0n) is 16.6. The number of nitrogens with zero attached hydrogens (tertiary/aromatic N) is 1. The number of anilines is 1. The fourth-order valence-electron chi connectivity index (χ4n) is 3.71. The fourth-order valence-corrected chi connectivity index (χ4v) is 3.71. The van der Waals surface area contributed by atoms with Crippen molar-refractivity contribution in [1.82, 2.24) is 10.2 Å². The maximum atomic E-state index is 13.1. The zero-order valence-corrected chi connectivity index (χ0v) is 16.6. The summed E-state index contributed by atoms with van der Waals surface area (Å²) in [6.45, 7) is 2.74. The molecule has 9 nitrogen and oxygen atoms in total. The Morgan fingerprint density at radius 1 is 1.31 bits per heavy atom. The molecule has 29 heavy (non-hydrogen) atoms. The number of urea groups is 1. The molecule has 9 heteroatoms.